The predicted molar refractivity (Wildman–Crippen MR) is 121 cm³/mol. The van der Waals surface area contributed by atoms with Crippen molar-refractivity contribution in [1.29, 1.82) is 0 Å². The lowest BCUT2D eigenvalue weighted by Gasteiger charge is -2.21. The van der Waals surface area contributed by atoms with E-state index in [2.05, 4.69) is 0 Å². The molecule has 2 aromatic rings. The summed E-state index contributed by atoms with van der Waals surface area (Å²) in [5.74, 6) is -0.0485. The number of methoxy groups -OCH3 is 1. The van der Waals surface area contributed by atoms with E-state index in [-0.39, 0.29) is 12.0 Å². The standard InChI is InChI=1S/C26H27NO5/c1-18-24(26(29)30-2)23(25(28)27(18)16-22-12-7-13-31-22)15-20-10-6-11-21(14-20)32-17-19-8-4-3-5-9-19/h3-6,8-11,14-15,22H,7,12-13,16-17H2,1-2H3/b23-15-/t22-/m0/s1. The van der Waals surface area contributed by atoms with Crippen LogP contribution >= 0.6 is 0 Å². The number of rotatable bonds is 7. The third-order valence-corrected chi connectivity index (χ3v) is 5.73. The van der Waals surface area contributed by atoms with E-state index in [1.807, 2.05) is 54.6 Å². The maximum Gasteiger partial charge on any atom is 0.340 e. The van der Waals surface area contributed by atoms with Crippen molar-refractivity contribution in [3.05, 3.63) is 82.6 Å². The fraction of sp³-hybridized carbons (Fsp3) is 0.308. The number of allylic oxidation sites excluding steroid dienone is 1. The summed E-state index contributed by atoms with van der Waals surface area (Å²) in [4.78, 5) is 27.4. The average Bonchev–Trinajstić information content (AvgIpc) is 3.41. The minimum atomic E-state index is -0.520. The van der Waals surface area contributed by atoms with Crippen molar-refractivity contribution in [2.45, 2.75) is 32.5 Å². The molecule has 6 heteroatoms. The lowest BCUT2D eigenvalue weighted by atomic mass is 10.0. The summed E-state index contributed by atoms with van der Waals surface area (Å²) >= 11 is 0. The Morgan fingerprint density at radius 1 is 1.19 bits per heavy atom. The van der Waals surface area contributed by atoms with Gasteiger partial charge in [0, 0.05) is 12.3 Å². The van der Waals surface area contributed by atoms with Gasteiger partial charge in [-0.1, -0.05) is 42.5 Å². The second kappa shape index (κ2) is 9.83. The van der Waals surface area contributed by atoms with Gasteiger partial charge < -0.3 is 19.1 Å². The molecule has 2 aromatic carbocycles. The van der Waals surface area contributed by atoms with Crippen LogP contribution in [0.1, 0.15) is 30.9 Å². The van der Waals surface area contributed by atoms with E-state index < -0.39 is 5.97 Å². The van der Waals surface area contributed by atoms with Crippen LogP contribution in [0, 0.1) is 0 Å². The van der Waals surface area contributed by atoms with Gasteiger partial charge in [0.1, 0.15) is 12.4 Å². The van der Waals surface area contributed by atoms with Gasteiger partial charge in [0.15, 0.2) is 0 Å². The van der Waals surface area contributed by atoms with Gasteiger partial charge in [0.05, 0.1) is 30.9 Å². The van der Waals surface area contributed by atoms with Crippen molar-refractivity contribution in [2.24, 2.45) is 0 Å². The Morgan fingerprint density at radius 2 is 2.00 bits per heavy atom. The first kappa shape index (κ1) is 21.8. The Morgan fingerprint density at radius 3 is 2.72 bits per heavy atom. The molecule has 0 unspecified atom stereocenters. The molecule has 0 spiro atoms. The van der Waals surface area contributed by atoms with E-state index in [1.165, 1.54) is 7.11 Å². The molecule has 0 saturated carbocycles. The van der Waals surface area contributed by atoms with E-state index in [0.717, 1.165) is 24.0 Å². The van der Waals surface area contributed by atoms with Crippen molar-refractivity contribution in [3.63, 3.8) is 0 Å². The van der Waals surface area contributed by atoms with Gasteiger partial charge in [-0.25, -0.2) is 4.79 Å². The quantitative estimate of drug-likeness (QED) is 0.486. The van der Waals surface area contributed by atoms with Crippen LogP contribution in [0.5, 0.6) is 5.75 Å². The van der Waals surface area contributed by atoms with Crippen LogP contribution in [0.4, 0.5) is 0 Å². The second-order valence-corrected chi connectivity index (χ2v) is 7.91. The Bertz CT molecular complexity index is 1050. The molecule has 0 aliphatic carbocycles. The summed E-state index contributed by atoms with van der Waals surface area (Å²) in [6.45, 7) is 3.36. The summed E-state index contributed by atoms with van der Waals surface area (Å²) in [6, 6.07) is 17.4. The Balaban J connectivity index is 1.58. The van der Waals surface area contributed by atoms with E-state index in [4.69, 9.17) is 14.2 Å². The zero-order chi connectivity index (χ0) is 22.5. The topological polar surface area (TPSA) is 65.1 Å². The molecule has 1 saturated heterocycles. The molecular weight excluding hydrogens is 406 g/mol. The van der Waals surface area contributed by atoms with Crippen molar-refractivity contribution < 1.29 is 23.8 Å². The summed E-state index contributed by atoms with van der Waals surface area (Å²) in [7, 11) is 1.32. The Kier molecular flexibility index (Phi) is 6.71. The number of nitrogens with zero attached hydrogens (tertiary/aromatic N) is 1. The lowest BCUT2D eigenvalue weighted by molar-refractivity contribution is -0.136. The number of carbonyl (C=O) groups excluding carboxylic acids is 2. The number of esters is 1. The van der Waals surface area contributed by atoms with Crippen LogP contribution in [0.2, 0.25) is 0 Å². The zero-order valence-corrected chi connectivity index (χ0v) is 18.4. The molecule has 2 aliphatic heterocycles. The highest BCUT2D eigenvalue weighted by atomic mass is 16.5. The highest BCUT2D eigenvalue weighted by Crippen LogP contribution is 2.33. The SMILES string of the molecule is COC(=O)C1=C(C)N(C[C@@H]2CCCO2)C(=O)/C1=C\c1cccc(OCc2ccccc2)c1. The number of amides is 1. The van der Waals surface area contributed by atoms with Crippen molar-refractivity contribution in [3.8, 4) is 5.75 Å². The van der Waals surface area contributed by atoms with Crippen LogP contribution < -0.4 is 4.74 Å². The minimum absolute atomic E-state index is 0.0122. The van der Waals surface area contributed by atoms with E-state index in [1.54, 1.807) is 17.9 Å². The molecule has 2 heterocycles. The molecule has 0 N–H and O–H groups in total. The fourth-order valence-electron chi connectivity index (χ4n) is 4.04. The van der Waals surface area contributed by atoms with Gasteiger partial charge in [-0.3, -0.25) is 4.79 Å². The summed E-state index contributed by atoms with van der Waals surface area (Å²) in [5, 5.41) is 0. The summed E-state index contributed by atoms with van der Waals surface area (Å²) in [5.41, 5.74) is 3.06. The monoisotopic (exact) mass is 433 g/mol. The Labute approximate surface area is 188 Å². The van der Waals surface area contributed by atoms with Crippen LogP contribution in [-0.4, -0.2) is 43.1 Å². The molecule has 32 heavy (non-hydrogen) atoms. The van der Waals surface area contributed by atoms with Crippen LogP contribution in [0.15, 0.2) is 71.4 Å². The lowest BCUT2D eigenvalue weighted by Crippen LogP contribution is -2.33. The van der Waals surface area contributed by atoms with Crippen LogP contribution in [0.25, 0.3) is 6.08 Å². The number of hydrogen-bond acceptors (Lipinski definition) is 5. The molecule has 1 atom stereocenters. The van der Waals surface area contributed by atoms with Crippen molar-refractivity contribution in [1.82, 2.24) is 4.90 Å². The largest absolute Gasteiger partial charge is 0.489 e. The summed E-state index contributed by atoms with van der Waals surface area (Å²) in [6.07, 6.45) is 3.60. The van der Waals surface area contributed by atoms with Gasteiger partial charge in [0.2, 0.25) is 0 Å². The predicted octanol–water partition coefficient (Wildman–Crippen LogP) is 4.12. The van der Waals surface area contributed by atoms with Gasteiger partial charge in [-0.15, -0.1) is 0 Å². The molecule has 1 amide bonds. The first-order chi connectivity index (χ1) is 15.6. The van der Waals surface area contributed by atoms with Crippen molar-refractivity contribution >= 4 is 18.0 Å². The smallest absolute Gasteiger partial charge is 0.340 e. The molecule has 6 nitrogen and oxygen atoms in total. The molecule has 0 aromatic heterocycles. The molecular formula is C26H27NO5. The first-order valence-corrected chi connectivity index (χ1v) is 10.8. The van der Waals surface area contributed by atoms with Gasteiger partial charge in [0.25, 0.3) is 5.91 Å². The normalized spacial score (nSPS) is 19.7. The van der Waals surface area contributed by atoms with Crippen LogP contribution in [-0.2, 0) is 25.7 Å². The number of carbonyl (C=O) groups is 2. The molecule has 4 rings (SSSR count). The highest BCUT2D eigenvalue weighted by Gasteiger charge is 2.38. The maximum atomic E-state index is 13.3. The molecule has 1 fully saturated rings. The summed E-state index contributed by atoms with van der Waals surface area (Å²) < 4.78 is 16.6. The molecule has 166 valence electrons. The zero-order valence-electron chi connectivity index (χ0n) is 18.4. The van der Waals surface area contributed by atoms with E-state index in [0.29, 0.717) is 42.4 Å². The maximum absolute atomic E-state index is 13.3. The van der Waals surface area contributed by atoms with Crippen molar-refractivity contribution in [2.75, 3.05) is 20.3 Å². The van der Waals surface area contributed by atoms with E-state index in [9.17, 15) is 9.59 Å². The third-order valence-electron chi connectivity index (χ3n) is 5.73. The first-order valence-electron chi connectivity index (χ1n) is 10.8. The number of hydrogen-bond donors (Lipinski definition) is 0. The highest BCUT2D eigenvalue weighted by molar-refractivity contribution is 6.16. The van der Waals surface area contributed by atoms with Gasteiger partial charge >= 0.3 is 5.97 Å². The average molecular weight is 434 g/mol. The Hall–Kier alpha value is -3.38. The fourth-order valence-corrected chi connectivity index (χ4v) is 4.04. The number of benzene rings is 2. The van der Waals surface area contributed by atoms with E-state index >= 15 is 0 Å². The minimum Gasteiger partial charge on any atom is -0.489 e. The number of ether oxygens (including phenoxy) is 3. The van der Waals surface area contributed by atoms with Gasteiger partial charge in [-0.05, 0) is 49.1 Å². The van der Waals surface area contributed by atoms with Gasteiger partial charge in [-0.2, -0.15) is 0 Å². The third kappa shape index (κ3) is 4.75. The molecule has 0 bridgehead atoms. The second-order valence-electron chi connectivity index (χ2n) is 7.91. The molecule has 2 aliphatic rings. The molecule has 0 radical (unpaired) electrons. The van der Waals surface area contributed by atoms with Crippen LogP contribution in [0.3, 0.4) is 0 Å².